The van der Waals surface area contributed by atoms with Crippen molar-refractivity contribution in [3.05, 3.63) is 41.7 Å². The Morgan fingerprint density at radius 1 is 1.09 bits per heavy atom. The molecule has 3 rings (SSSR count). The molecule has 0 aromatic carbocycles. The minimum absolute atomic E-state index is 0.0204. The Kier molecular flexibility index (Phi) is 5.02. The summed E-state index contributed by atoms with van der Waals surface area (Å²) in [5.41, 5.74) is 1.76. The van der Waals surface area contributed by atoms with E-state index >= 15 is 0 Å². The number of pyridine rings is 1. The number of hydrogen-bond acceptors (Lipinski definition) is 4. The third-order valence-electron chi connectivity index (χ3n) is 4.25. The van der Waals surface area contributed by atoms with Gasteiger partial charge in [0.15, 0.2) is 0 Å². The highest BCUT2D eigenvalue weighted by atomic mass is 16.5. The van der Waals surface area contributed by atoms with Crippen molar-refractivity contribution in [1.82, 2.24) is 14.8 Å². The van der Waals surface area contributed by atoms with Crippen LogP contribution in [0.25, 0.3) is 0 Å². The van der Waals surface area contributed by atoms with Crippen molar-refractivity contribution in [3.8, 4) is 0 Å². The molecule has 2 amide bonds. The van der Waals surface area contributed by atoms with Crippen LogP contribution in [0.4, 0.5) is 0 Å². The third-order valence-corrected chi connectivity index (χ3v) is 4.25. The summed E-state index contributed by atoms with van der Waals surface area (Å²) in [6.45, 7) is 3.67. The lowest BCUT2D eigenvalue weighted by atomic mass is 10.1. The van der Waals surface area contributed by atoms with E-state index in [9.17, 15) is 9.59 Å². The Hall–Kier alpha value is -2.21. The van der Waals surface area contributed by atoms with Gasteiger partial charge >= 0.3 is 0 Å². The van der Waals surface area contributed by atoms with Gasteiger partial charge in [-0.3, -0.25) is 14.6 Å². The Morgan fingerprint density at radius 3 is 2.43 bits per heavy atom. The summed E-state index contributed by atoms with van der Waals surface area (Å²) < 4.78 is 5.29. The van der Waals surface area contributed by atoms with Crippen molar-refractivity contribution in [3.63, 3.8) is 0 Å². The average Bonchev–Trinajstić information content (AvgIpc) is 2.63. The molecule has 0 N–H and O–H groups in total. The Labute approximate surface area is 135 Å². The number of hydrogen-bond donors (Lipinski definition) is 0. The minimum Gasteiger partial charge on any atom is -0.381 e. The number of carbonyl (C=O) groups is 2. The summed E-state index contributed by atoms with van der Waals surface area (Å²) in [7, 11) is 0. The number of amides is 2. The van der Waals surface area contributed by atoms with Crippen LogP contribution >= 0.6 is 0 Å². The smallest absolute Gasteiger partial charge is 0.255 e. The molecule has 122 valence electrons. The number of aromatic nitrogens is 1. The normalized spacial score (nSPS) is 18.7. The second kappa shape index (κ2) is 7.37. The first-order valence-corrected chi connectivity index (χ1v) is 7.99. The van der Waals surface area contributed by atoms with Crippen molar-refractivity contribution in [1.29, 1.82) is 0 Å². The van der Waals surface area contributed by atoms with Crippen molar-refractivity contribution in [2.75, 3.05) is 39.4 Å². The first kappa shape index (κ1) is 15.7. The van der Waals surface area contributed by atoms with Gasteiger partial charge < -0.3 is 14.5 Å². The van der Waals surface area contributed by atoms with Gasteiger partial charge in [0, 0.05) is 44.6 Å². The van der Waals surface area contributed by atoms with Crippen molar-refractivity contribution < 1.29 is 14.3 Å². The maximum absolute atomic E-state index is 12.3. The van der Waals surface area contributed by atoms with Gasteiger partial charge in [-0.1, -0.05) is 5.57 Å². The van der Waals surface area contributed by atoms with Crippen molar-refractivity contribution >= 4 is 11.8 Å². The topological polar surface area (TPSA) is 62.7 Å². The van der Waals surface area contributed by atoms with Crippen LogP contribution in [-0.4, -0.2) is 66.0 Å². The van der Waals surface area contributed by atoms with Gasteiger partial charge in [0.05, 0.1) is 18.8 Å². The van der Waals surface area contributed by atoms with Gasteiger partial charge in [-0.05, 0) is 25.0 Å². The second-order valence-electron chi connectivity index (χ2n) is 5.77. The molecule has 2 saturated heterocycles. The number of piperazine rings is 1. The number of carbonyl (C=O) groups excluding carboxylic acids is 2. The molecular formula is C17H21N3O3. The van der Waals surface area contributed by atoms with Crippen LogP contribution in [0.3, 0.4) is 0 Å². The summed E-state index contributed by atoms with van der Waals surface area (Å²) in [5, 5.41) is 0. The molecule has 2 fully saturated rings. The fourth-order valence-electron chi connectivity index (χ4n) is 2.85. The van der Waals surface area contributed by atoms with E-state index in [1.54, 1.807) is 35.5 Å². The van der Waals surface area contributed by atoms with Crippen LogP contribution in [0, 0.1) is 0 Å². The number of ether oxygens (including phenoxy) is 1. The molecule has 2 aliphatic heterocycles. The van der Waals surface area contributed by atoms with Gasteiger partial charge in [-0.25, -0.2) is 0 Å². The largest absolute Gasteiger partial charge is 0.381 e. The zero-order chi connectivity index (χ0) is 16.1. The lowest BCUT2D eigenvalue weighted by Crippen LogP contribution is -2.50. The molecule has 0 radical (unpaired) electrons. The molecule has 2 aliphatic rings. The summed E-state index contributed by atoms with van der Waals surface area (Å²) in [4.78, 5) is 32.2. The summed E-state index contributed by atoms with van der Waals surface area (Å²) in [6.07, 6.45) is 6.66. The lowest BCUT2D eigenvalue weighted by molar-refractivity contribution is -0.127. The first-order valence-electron chi connectivity index (χ1n) is 7.99. The third kappa shape index (κ3) is 3.96. The van der Waals surface area contributed by atoms with Gasteiger partial charge in [0.1, 0.15) is 0 Å². The lowest BCUT2D eigenvalue weighted by Gasteiger charge is -2.34. The van der Waals surface area contributed by atoms with E-state index < -0.39 is 0 Å². The van der Waals surface area contributed by atoms with Crippen LogP contribution in [0.2, 0.25) is 0 Å². The zero-order valence-electron chi connectivity index (χ0n) is 13.1. The van der Waals surface area contributed by atoms with Crippen LogP contribution in [0.1, 0.15) is 23.2 Å². The first-order chi connectivity index (χ1) is 11.2. The molecule has 23 heavy (non-hydrogen) atoms. The highest BCUT2D eigenvalue weighted by Gasteiger charge is 2.24. The molecule has 1 aromatic rings. The van der Waals surface area contributed by atoms with Crippen molar-refractivity contribution in [2.45, 2.75) is 12.8 Å². The van der Waals surface area contributed by atoms with Crippen LogP contribution in [-0.2, 0) is 9.53 Å². The highest BCUT2D eigenvalue weighted by Crippen LogP contribution is 2.14. The van der Waals surface area contributed by atoms with Crippen LogP contribution in [0.15, 0.2) is 36.2 Å². The molecule has 0 aliphatic carbocycles. The molecule has 0 spiro atoms. The molecule has 0 bridgehead atoms. The molecule has 0 atom stereocenters. The van der Waals surface area contributed by atoms with Gasteiger partial charge in [0.2, 0.25) is 5.91 Å². The number of nitrogens with zero attached hydrogens (tertiary/aromatic N) is 3. The molecule has 0 saturated carbocycles. The molecular weight excluding hydrogens is 294 g/mol. The number of rotatable bonds is 2. The molecule has 6 nitrogen and oxygen atoms in total. The Morgan fingerprint density at radius 2 is 1.78 bits per heavy atom. The van der Waals surface area contributed by atoms with E-state index in [0.29, 0.717) is 45.0 Å². The Balaban J connectivity index is 1.54. The quantitative estimate of drug-likeness (QED) is 0.767. The predicted molar refractivity (Wildman–Crippen MR) is 84.9 cm³/mol. The van der Waals surface area contributed by atoms with Crippen LogP contribution < -0.4 is 0 Å². The summed E-state index contributed by atoms with van der Waals surface area (Å²) in [5.74, 6) is 0.0309. The van der Waals surface area contributed by atoms with E-state index in [1.807, 2.05) is 4.90 Å². The summed E-state index contributed by atoms with van der Waals surface area (Å²) >= 11 is 0. The van der Waals surface area contributed by atoms with Gasteiger partial charge in [-0.2, -0.15) is 0 Å². The predicted octanol–water partition coefficient (Wildman–Crippen LogP) is 1.10. The molecule has 1 aromatic heterocycles. The molecule has 3 heterocycles. The SMILES string of the molecule is O=C(C=C1CCOCC1)N1CCN(C(=O)c2cccnc2)CC1. The summed E-state index contributed by atoms with van der Waals surface area (Å²) in [6, 6.07) is 3.52. The Bertz CT molecular complexity index is 584. The monoisotopic (exact) mass is 315 g/mol. The van der Waals surface area contributed by atoms with E-state index in [4.69, 9.17) is 4.74 Å². The average molecular weight is 315 g/mol. The van der Waals surface area contributed by atoms with E-state index in [0.717, 1.165) is 18.4 Å². The standard InChI is InChI=1S/C17H21N3O3/c21-16(12-14-3-10-23-11-4-14)19-6-8-20(9-7-19)17(22)15-2-1-5-18-13-15/h1-2,5,12-13H,3-4,6-11H2. The maximum Gasteiger partial charge on any atom is 0.255 e. The van der Waals surface area contributed by atoms with Gasteiger partial charge in [-0.15, -0.1) is 0 Å². The molecule has 6 heteroatoms. The van der Waals surface area contributed by atoms with E-state index in [-0.39, 0.29) is 11.8 Å². The van der Waals surface area contributed by atoms with E-state index in [2.05, 4.69) is 4.98 Å². The zero-order valence-corrected chi connectivity index (χ0v) is 13.1. The second-order valence-corrected chi connectivity index (χ2v) is 5.77. The van der Waals surface area contributed by atoms with Gasteiger partial charge in [0.25, 0.3) is 5.91 Å². The fourth-order valence-corrected chi connectivity index (χ4v) is 2.85. The van der Waals surface area contributed by atoms with Crippen LogP contribution in [0.5, 0.6) is 0 Å². The molecule has 0 unspecified atom stereocenters. The maximum atomic E-state index is 12.3. The fraction of sp³-hybridized carbons (Fsp3) is 0.471. The van der Waals surface area contributed by atoms with Crippen molar-refractivity contribution in [2.24, 2.45) is 0 Å². The minimum atomic E-state index is -0.0204. The van der Waals surface area contributed by atoms with E-state index in [1.165, 1.54) is 0 Å². The highest BCUT2D eigenvalue weighted by molar-refractivity contribution is 5.94.